The second kappa shape index (κ2) is 10.2. The van der Waals surface area contributed by atoms with Gasteiger partial charge in [0, 0.05) is 12.1 Å². The fraction of sp³-hybridized carbons (Fsp3) is 0.333. The van der Waals surface area contributed by atoms with Crippen molar-refractivity contribution in [3.05, 3.63) is 53.6 Å². The van der Waals surface area contributed by atoms with Crippen LogP contribution in [0, 0.1) is 0 Å². The van der Waals surface area contributed by atoms with Gasteiger partial charge < -0.3 is 20.1 Å². The minimum Gasteiger partial charge on any atom is -0.497 e. The van der Waals surface area contributed by atoms with E-state index < -0.39 is 0 Å². The summed E-state index contributed by atoms with van der Waals surface area (Å²) < 4.78 is 10.5. The lowest BCUT2D eigenvalue weighted by atomic mass is 10.1. The van der Waals surface area contributed by atoms with Gasteiger partial charge >= 0.3 is 0 Å². The summed E-state index contributed by atoms with van der Waals surface area (Å²) >= 11 is 0. The second-order valence-electron chi connectivity index (χ2n) is 6.01. The van der Waals surface area contributed by atoms with E-state index in [0.717, 1.165) is 23.2 Å². The molecule has 0 bridgehead atoms. The smallest absolute Gasteiger partial charge is 0.243 e. The Hall–Kier alpha value is -3.02. The molecule has 27 heavy (non-hydrogen) atoms. The van der Waals surface area contributed by atoms with E-state index in [1.807, 2.05) is 43.3 Å². The van der Waals surface area contributed by atoms with Crippen LogP contribution in [-0.4, -0.2) is 32.6 Å². The van der Waals surface area contributed by atoms with Crippen molar-refractivity contribution in [3.8, 4) is 11.5 Å². The molecule has 144 valence electrons. The van der Waals surface area contributed by atoms with Crippen LogP contribution in [0.15, 0.2) is 42.5 Å². The van der Waals surface area contributed by atoms with Crippen molar-refractivity contribution in [1.82, 2.24) is 5.32 Å². The Morgan fingerprint density at radius 1 is 0.963 bits per heavy atom. The number of aryl methyl sites for hydroxylation is 2. The van der Waals surface area contributed by atoms with Crippen LogP contribution in [-0.2, 0) is 22.4 Å². The van der Waals surface area contributed by atoms with E-state index in [0.29, 0.717) is 17.9 Å². The third-order valence-corrected chi connectivity index (χ3v) is 4.23. The predicted octanol–water partition coefficient (Wildman–Crippen LogP) is 2.95. The normalized spacial score (nSPS) is 10.2. The van der Waals surface area contributed by atoms with Gasteiger partial charge in [0.1, 0.15) is 11.5 Å². The Morgan fingerprint density at radius 2 is 1.74 bits per heavy atom. The molecule has 2 aromatic carbocycles. The van der Waals surface area contributed by atoms with Crippen LogP contribution in [0.4, 0.5) is 5.69 Å². The molecule has 2 N–H and O–H groups in total. The fourth-order valence-corrected chi connectivity index (χ4v) is 2.74. The molecule has 0 aliphatic heterocycles. The lowest BCUT2D eigenvalue weighted by Crippen LogP contribution is -2.33. The number of nitrogens with one attached hydrogen (secondary N) is 2. The Balaban J connectivity index is 1.83. The van der Waals surface area contributed by atoms with E-state index in [9.17, 15) is 9.59 Å². The molecule has 2 rings (SSSR count). The van der Waals surface area contributed by atoms with Gasteiger partial charge in [-0.05, 0) is 48.2 Å². The number of methoxy groups -OCH3 is 2. The molecule has 6 nitrogen and oxygen atoms in total. The number of amides is 2. The van der Waals surface area contributed by atoms with E-state index in [1.165, 1.54) is 0 Å². The molecular formula is C21H26N2O4. The topological polar surface area (TPSA) is 76.7 Å². The first-order valence-electron chi connectivity index (χ1n) is 8.92. The Labute approximate surface area is 159 Å². The van der Waals surface area contributed by atoms with Gasteiger partial charge in [-0.1, -0.05) is 25.1 Å². The highest BCUT2D eigenvalue weighted by Gasteiger charge is 2.10. The minimum absolute atomic E-state index is 0.0634. The highest BCUT2D eigenvalue weighted by molar-refractivity contribution is 5.95. The molecule has 0 unspecified atom stereocenters. The third-order valence-electron chi connectivity index (χ3n) is 4.23. The van der Waals surface area contributed by atoms with Gasteiger partial charge in [0.2, 0.25) is 11.8 Å². The molecule has 0 radical (unpaired) electrons. The lowest BCUT2D eigenvalue weighted by molar-refractivity contribution is -0.124. The van der Waals surface area contributed by atoms with Crippen molar-refractivity contribution >= 4 is 17.5 Å². The van der Waals surface area contributed by atoms with Gasteiger partial charge in [-0.3, -0.25) is 9.59 Å². The number of carbonyl (C=O) groups is 2. The van der Waals surface area contributed by atoms with Crippen molar-refractivity contribution in [1.29, 1.82) is 0 Å². The van der Waals surface area contributed by atoms with Crippen LogP contribution in [0.1, 0.15) is 24.5 Å². The minimum atomic E-state index is -0.247. The van der Waals surface area contributed by atoms with Gasteiger partial charge in [-0.25, -0.2) is 0 Å². The number of hydrogen-bond acceptors (Lipinski definition) is 4. The summed E-state index contributed by atoms with van der Waals surface area (Å²) in [5.74, 6) is 0.972. The number of benzene rings is 2. The summed E-state index contributed by atoms with van der Waals surface area (Å²) in [6.45, 7) is 1.96. The predicted molar refractivity (Wildman–Crippen MR) is 105 cm³/mol. The second-order valence-corrected chi connectivity index (χ2v) is 6.01. The van der Waals surface area contributed by atoms with Crippen molar-refractivity contribution in [2.45, 2.75) is 26.2 Å². The van der Waals surface area contributed by atoms with Crippen LogP contribution in [0.2, 0.25) is 0 Å². The van der Waals surface area contributed by atoms with E-state index >= 15 is 0 Å². The van der Waals surface area contributed by atoms with Crippen molar-refractivity contribution < 1.29 is 19.1 Å². The number of ether oxygens (including phenoxy) is 2. The summed E-state index contributed by atoms with van der Waals surface area (Å²) in [6.07, 6.45) is 1.57. The SMILES string of the molecule is CCc1ccccc1NC(=O)CNC(=O)CCc1cc(OC)ccc1OC. The van der Waals surface area contributed by atoms with Gasteiger partial charge in [0.25, 0.3) is 0 Å². The summed E-state index contributed by atoms with van der Waals surface area (Å²) in [5, 5.41) is 5.49. The molecule has 0 saturated heterocycles. The number of hydrogen-bond donors (Lipinski definition) is 2. The zero-order chi connectivity index (χ0) is 19.6. The van der Waals surface area contributed by atoms with Crippen LogP contribution >= 0.6 is 0 Å². The molecule has 0 spiro atoms. The Morgan fingerprint density at radius 3 is 2.44 bits per heavy atom. The standard InChI is InChI=1S/C21H26N2O4/c1-4-15-7-5-6-8-18(15)23-21(25)14-22-20(24)12-9-16-13-17(26-2)10-11-19(16)27-3/h5-8,10-11,13H,4,9,12,14H2,1-3H3,(H,22,24)(H,23,25). The molecule has 2 aromatic rings. The van der Waals surface area contributed by atoms with Crippen molar-refractivity contribution in [2.24, 2.45) is 0 Å². The molecule has 6 heteroatoms. The Bertz CT molecular complexity index is 790. The maximum Gasteiger partial charge on any atom is 0.243 e. The molecule has 2 amide bonds. The first-order chi connectivity index (χ1) is 13.1. The molecule has 0 heterocycles. The maximum absolute atomic E-state index is 12.1. The summed E-state index contributed by atoms with van der Waals surface area (Å²) in [6, 6.07) is 13.1. The first-order valence-corrected chi connectivity index (χ1v) is 8.92. The van der Waals surface area contributed by atoms with Gasteiger partial charge in [-0.15, -0.1) is 0 Å². The summed E-state index contributed by atoms with van der Waals surface area (Å²) in [5.41, 5.74) is 2.72. The van der Waals surface area contributed by atoms with E-state index in [-0.39, 0.29) is 24.8 Å². The highest BCUT2D eigenvalue weighted by atomic mass is 16.5. The van der Waals surface area contributed by atoms with Crippen molar-refractivity contribution in [2.75, 3.05) is 26.1 Å². The molecule has 0 aliphatic rings. The molecule has 0 aromatic heterocycles. The first kappa shape index (κ1) is 20.3. The van der Waals surface area contributed by atoms with Crippen LogP contribution in [0.3, 0.4) is 0 Å². The van der Waals surface area contributed by atoms with Gasteiger partial charge in [-0.2, -0.15) is 0 Å². The number of anilines is 1. The molecule has 0 fully saturated rings. The number of para-hydroxylation sites is 1. The zero-order valence-electron chi connectivity index (χ0n) is 16.0. The molecule has 0 saturated carbocycles. The van der Waals surface area contributed by atoms with Crippen LogP contribution in [0.25, 0.3) is 0 Å². The zero-order valence-corrected chi connectivity index (χ0v) is 16.0. The number of rotatable bonds is 9. The fourth-order valence-electron chi connectivity index (χ4n) is 2.74. The summed E-state index contributed by atoms with van der Waals surface area (Å²) in [7, 11) is 3.18. The molecular weight excluding hydrogens is 344 g/mol. The maximum atomic E-state index is 12.1. The lowest BCUT2D eigenvalue weighted by Gasteiger charge is -2.11. The third kappa shape index (κ3) is 6.02. The average Bonchev–Trinajstić information content (AvgIpc) is 2.70. The largest absolute Gasteiger partial charge is 0.497 e. The van der Waals surface area contributed by atoms with E-state index in [1.54, 1.807) is 20.3 Å². The van der Waals surface area contributed by atoms with E-state index in [4.69, 9.17) is 9.47 Å². The van der Waals surface area contributed by atoms with Crippen LogP contribution < -0.4 is 20.1 Å². The molecule has 0 atom stereocenters. The van der Waals surface area contributed by atoms with Crippen molar-refractivity contribution in [3.63, 3.8) is 0 Å². The summed E-state index contributed by atoms with van der Waals surface area (Å²) in [4.78, 5) is 24.2. The van der Waals surface area contributed by atoms with Gasteiger partial charge in [0.15, 0.2) is 0 Å². The van der Waals surface area contributed by atoms with Crippen LogP contribution in [0.5, 0.6) is 11.5 Å². The van der Waals surface area contributed by atoms with Gasteiger partial charge in [0.05, 0.1) is 20.8 Å². The highest BCUT2D eigenvalue weighted by Crippen LogP contribution is 2.25. The Kier molecular flexibility index (Phi) is 7.67. The quantitative estimate of drug-likeness (QED) is 0.711. The van der Waals surface area contributed by atoms with E-state index in [2.05, 4.69) is 10.6 Å². The number of carbonyl (C=O) groups excluding carboxylic acids is 2. The molecule has 0 aliphatic carbocycles. The average molecular weight is 370 g/mol. The monoisotopic (exact) mass is 370 g/mol.